The van der Waals surface area contributed by atoms with Crippen molar-refractivity contribution in [3.05, 3.63) is 126 Å². The van der Waals surface area contributed by atoms with Gasteiger partial charge in [0.05, 0.1) is 17.2 Å². The third-order valence-corrected chi connectivity index (χ3v) is 9.49. The summed E-state index contributed by atoms with van der Waals surface area (Å²) in [5.74, 6) is -1.35. The number of rotatable bonds is 16. The quantitative estimate of drug-likeness (QED) is 0.143. The molecule has 1 N–H and O–H groups in total. The van der Waals surface area contributed by atoms with Crippen LogP contribution in [0.2, 0.25) is 0 Å². The summed E-state index contributed by atoms with van der Waals surface area (Å²) in [5.41, 5.74) is 2.03. The maximum absolute atomic E-state index is 15.1. The largest absolute Gasteiger partial charge is 0.492 e. The molecule has 10 heteroatoms. The van der Waals surface area contributed by atoms with Crippen molar-refractivity contribution in [1.29, 1.82) is 0 Å². The van der Waals surface area contributed by atoms with Crippen LogP contribution in [0.5, 0.6) is 5.75 Å². The monoisotopic (exact) mass is 659 g/mol. The van der Waals surface area contributed by atoms with Crippen molar-refractivity contribution >= 4 is 27.5 Å². The number of hydrogen-bond donors (Lipinski definition) is 1. The summed E-state index contributed by atoms with van der Waals surface area (Å²) in [5, 5.41) is 2.93. The number of sulfonamides is 1. The van der Waals surface area contributed by atoms with Crippen LogP contribution in [0, 0.1) is 12.7 Å². The van der Waals surface area contributed by atoms with Gasteiger partial charge in [0.2, 0.25) is 11.8 Å². The minimum absolute atomic E-state index is 0.0130. The van der Waals surface area contributed by atoms with Crippen LogP contribution < -0.4 is 14.4 Å². The van der Waals surface area contributed by atoms with Crippen molar-refractivity contribution in [2.24, 2.45) is 0 Å². The molecule has 1 atom stereocenters. The van der Waals surface area contributed by atoms with E-state index in [9.17, 15) is 18.0 Å². The van der Waals surface area contributed by atoms with E-state index in [1.54, 1.807) is 61.5 Å². The molecule has 0 bridgehead atoms. The number of amides is 2. The Hall–Kier alpha value is -4.70. The molecule has 47 heavy (non-hydrogen) atoms. The lowest BCUT2D eigenvalue weighted by molar-refractivity contribution is -0.140. The Balaban J connectivity index is 1.83. The normalized spacial score (nSPS) is 11.8. The molecular weight excluding hydrogens is 617 g/mol. The maximum Gasteiger partial charge on any atom is 0.264 e. The fourth-order valence-electron chi connectivity index (χ4n) is 5.16. The summed E-state index contributed by atoms with van der Waals surface area (Å²) in [6.45, 7) is 5.38. The topological polar surface area (TPSA) is 96.0 Å². The number of halogens is 1. The Morgan fingerprint density at radius 3 is 2.21 bits per heavy atom. The van der Waals surface area contributed by atoms with E-state index < -0.39 is 40.2 Å². The minimum Gasteiger partial charge on any atom is -0.492 e. The first-order valence-corrected chi connectivity index (χ1v) is 17.3. The van der Waals surface area contributed by atoms with Crippen LogP contribution in [-0.2, 0) is 32.6 Å². The molecule has 248 valence electrons. The molecule has 0 fully saturated rings. The zero-order valence-electron chi connectivity index (χ0n) is 27.1. The van der Waals surface area contributed by atoms with Gasteiger partial charge >= 0.3 is 0 Å². The summed E-state index contributed by atoms with van der Waals surface area (Å²) >= 11 is 0. The van der Waals surface area contributed by atoms with E-state index in [1.807, 2.05) is 44.2 Å². The van der Waals surface area contributed by atoms with Crippen LogP contribution in [0.1, 0.15) is 43.4 Å². The molecule has 4 aromatic rings. The minimum atomic E-state index is -4.31. The SMILES string of the molecule is CCCCNC(=O)[C@@H](Cc1ccccc1)N(Cc1ccccc1F)C(=O)CN(c1ccccc1OCC)S(=O)(=O)c1ccc(C)cc1. The van der Waals surface area contributed by atoms with Gasteiger partial charge in [0, 0.05) is 25.1 Å². The number of carbonyl (C=O) groups is 2. The molecule has 4 aromatic carbocycles. The molecule has 0 spiro atoms. The zero-order valence-corrected chi connectivity index (χ0v) is 27.9. The zero-order chi connectivity index (χ0) is 33.8. The number of benzene rings is 4. The second-order valence-corrected chi connectivity index (χ2v) is 13.1. The molecular formula is C37H42FN3O5S. The van der Waals surface area contributed by atoms with E-state index in [1.165, 1.54) is 23.1 Å². The van der Waals surface area contributed by atoms with E-state index in [0.29, 0.717) is 6.54 Å². The van der Waals surface area contributed by atoms with Gasteiger partial charge in [-0.1, -0.05) is 91.7 Å². The van der Waals surface area contributed by atoms with Crippen LogP contribution in [-0.4, -0.2) is 50.9 Å². The number of hydrogen-bond acceptors (Lipinski definition) is 5. The number of carbonyl (C=O) groups excluding carboxylic acids is 2. The van der Waals surface area contributed by atoms with Gasteiger partial charge in [-0.05, 0) is 56.2 Å². The summed E-state index contributed by atoms with van der Waals surface area (Å²) in [6.07, 6.45) is 1.73. The van der Waals surface area contributed by atoms with Gasteiger partial charge in [0.1, 0.15) is 24.2 Å². The number of nitrogens with one attached hydrogen (secondary N) is 1. The lowest BCUT2D eigenvalue weighted by Gasteiger charge is -2.34. The van der Waals surface area contributed by atoms with Gasteiger partial charge in [-0.2, -0.15) is 0 Å². The second kappa shape index (κ2) is 16.7. The highest BCUT2D eigenvalue weighted by Crippen LogP contribution is 2.33. The predicted molar refractivity (Wildman–Crippen MR) is 182 cm³/mol. The number of ether oxygens (including phenoxy) is 1. The van der Waals surface area contributed by atoms with Crippen molar-refractivity contribution in [3.8, 4) is 5.75 Å². The average molecular weight is 660 g/mol. The van der Waals surface area contributed by atoms with E-state index in [0.717, 1.165) is 28.3 Å². The fourth-order valence-corrected chi connectivity index (χ4v) is 6.59. The van der Waals surface area contributed by atoms with Gasteiger partial charge in [-0.3, -0.25) is 13.9 Å². The van der Waals surface area contributed by atoms with Crippen molar-refractivity contribution in [2.45, 2.75) is 57.5 Å². The van der Waals surface area contributed by atoms with Crippen LogP contribution >= 0.6 is 0 Å². The Morgan fingerprint density at radius 1 is 0.872 bits per heavy atom. The standard InChI is InChI=1S/C37H42FN3O5S/c1-4-6-24-39-37(43)34(25-29-14-8-7-9-15-29)40(26-30-16-10-11-17-32(30)38)36(42)27-41(33-18-12-13-19-35(33)46-5-2)47(44,45)31-22-20-28(3)21-23-31/h7-23,34H,4-6,24-27H2,1-3H3,(H,39,43)/t34-/m1/s1. The highest BCUT2D eigenvalue weighted by atomic mass is 32.2. The molecule has 0 aliphatic rings. The first kappa shape index (κ1) is 35.2. The van der Waals surface area contributed by atoms with Gasteiger partial charge in [-0.15, -0.1) is 0 Å². The van der Waals surface area contributed by atoms with Gasteiger partial charge in [-0.25, -0.2) is 12.8 Å². The molecule has 0 saturated heterocycles. The molecule has 0 radical (unpaired) electrons. The number of nitrogens with zero attached hydrogens (tertiary/aromatic N) is 2. The molecule has 8 nitrogen and oxygen atoms in total. The number of anilines is 1. The van der Waals surface area contributed by atoms with Crippen LogP contribution in [0.25, 0.3) is 0 Å². The third-order valence-electron chi connectivity index (χ3n) is 7.72. The summed E-state index contributed by atoms with van der Waals surface area (Å²) in [6, 6.07) is 27.1. The van der Waals surface area contributed by atoms with Crippen LogP contribution in [0.3, 0.4) is 0 Å². The van der Waals surface area contributed by atoms with E-state index in [4.69, 9.17) is 4.74 Å². The lowest BCUT2D eigenvalue weighted by Crippen LogP contribution is -2.53. The Bertz CT molecular complexity index is 1730. The van der Waals surface area contributed by atoms with Gasteiger partial charge < -0.3 is 15.0 Å². The predicted octanol–water partition coefficient (Wildman–Crippen LogP) is 6.28. The maximum atomic E-state index is 15.1. The summed E-state index contributed by atoms with van der Waals surface area (Å²) < 4.78 is 50.5. The van der Waals surface area contributed by atoms with Gasteiger partial charge in [0.25, 0.3) is 10.0 Å². The molecule has 0 unspecified atom stereocenters. The number of para-hydroxylation sites is 2. The Labute approximate surface area is 277 Å². The molecule has 0 aliphatic heterocycles. The highest BCUT2D eigenvalue weighted by Gasteiger charge is 2.35. The summed E-state index contributed by atoms with van der Waals surface area (Å²) in [4.78, 5) is 29.7. The van der Waals surface area contributed by atoms with Gasteiger partial charge in [0.15, 0.2) is 0 Å². The van der Waals surface area contributed by atoms with Crippen LogP contribution in [0.15, 0.2) is 108 Å². The van der Waals surface area contributed by atoms with E-state index >= 15 is 4.39 Å². The van der Waals surface area contributed by atoms with Crippen molar-refractivity contribution in [1.82, 2.24) is 10.2 Å². The number of aryl methyl sites for hydroxylation is 1. The lowest BCUT2D eigenvalue weighted by atomic mass is 10.0. The van der Waals surface area contributed by atoms with Crippen molar-refractivity contribution in [2.75, 3.05) is 24.0 Å². The first-order chi connectivity index (χ1) is 22.6. The fraction of sp³-hybridized carbons (Fsp3) is 0.297. The molecule has 0 saturated carbocycles. The van der Waals surface area contributed by atoms with Crippen molar-refractivity contribution < 1.29 is 27.1 Å². The highest BCUT2D eigenvalue weighted by molar-refractivity contribution is 7.92. The van der Waals surface area contributed by atoms with Crippen molar-refractivity contribution in [3.63, 3.8) is 0 Å². The molecule has 2 amide bonds. The first-order valence-electron chi connectivity index (χ1n) is 15.8. The molecule has 0 heterocycles. The van der Waals surface area contributed by atoms with E-state index in [2.05, 4.69) is 5.32 Å². The second-order valence-electron chi connectivity index (χ2n) is 11.2. The van der Waals surface area contributed by atoms with E-state index in [-0.39, 0.29) is 41.5 Å². The Kier molecular flexibility index (Phi) is 12.5. The molecule has 4 rings (SSSR count). The third kappa shape index (κ3) is 9.19. The summed E-state index contributed by atoms with van der Waals surface area (Å²) in [7, 11) is -4.31. The Morgan fingerprint density at radius 2 is 1.53 bits per heavy atom. The smallest absolute Gasteiger partial charge is 0.264 e. The molecule has 0 aromatic heterocycles. The van der Waals surface area contributed by atoms with Crippen LogP contribution in [0.4, 0.5) is 10.1 Å². The molecule has 0 aliphatic carbocycles. The average Bonchev–Trinajstić information content (AvgIpc) is 3.07. The number of unbranched alkanes of at least 4 members (excludes halogenated alkanes) is 1.